The first-order valence-electron chi connectivity index (χ1n) is 16.9. The van der Waals surface area contributed by atoms with Crippen LogP contribution in [0.25, 0.3) is 0 Å². The van der Waals surface area contributed by atoms with Gasteiger partial charge >= 0.3 is 0 Å². The third-order valence-electron chi connectivity index (χ3n) is 8.59. The number of hydrogen-bond donors (Lipinski definition) is 2. The number of aryl methyl sites for hydroxylation is 1. The lowest BCUT2D eigenvalue weighted by Crippen LogP contribution is -2.44. The standard InChI is InChI=1S/C38H49N5O7/c1-27-10-15-33(36(23-27)50-21-7-6-9-29(26-44)43-19-17-41(2)18-20-43)42(3)38(46)28-11-14-32(35(24-28)48-5)40-37(45)31-13-12-30(47-4)25-34(31)49-22-8-16-39/h10-15,23-25H,6-9,16-22,39H2,1-5H3,(H,40,45). The maximum Gasteiger partial charge on any atom is 0.259 e. The number of benzene rings is 3. The molecule has 50 heavy (non-hydrogen) atoms. The van der Waals surface area contributed by atoms with Crippen molar-refractivity contribution in [3.8, 4) is 23.0 Å². The fraction of sp³-hybridized carbons (Fsp3) is 0.421. The van der Waals surface area contributed by atoms with Gasteiger partial charge in [0, 0.05) is 44.9 Å². The number of nitrogens with zero attached hydrogens (tertiary/aromatic N) is 3. The third-order valence-corrected chi connectivity index (χ3v) is 8.59. The summed E-state index contributed by atoms with van der Waals surface area (Å²) in [6, 6.07) is 15.5. The molecule has 12 nitrogen and oxygen atoms in total. The van der Waals surface area contributed by atoms with Crippen LogP contribution in [-0.2, 0) is 4.79 Å². The van der Waals surface area contributed by atoms with E-state index in [1.165, 1.54) is 12.0 Å². The predicted molar refractivity (Wildman–Crippen MR) is 195 cm³/mol. The molecule has 12 heteroatoms. The molecular formula is C38H49N5O7. The Kier molecular flexibility index (Phi) is 14.1. The summed E-state index contributed by atoms with van der Waals surface area (Å²) in [4.78, 5) is 44.6. The minimum atomic E-state index is -0.413. The maximum atomic E-state index is 13.7. The second-order valence-electron chi connectivity index (χ2n) is 12.2. The topological polar surface area (TPSA) is 136 Å². The molecule has 1 heterocycles. The molecule has 268 valence electrons. The monoisotopic (exact) mass is 687 g/mol. The van der Waals surface area contributed by atoms with Crippen LogP contribution in [0.4, 0.5) is 11.4 Å². The second-order valence-corrected chi connectivity index (χ2v) is 12.2. The number of nitrogens with two attached hydrogens (primary N) is 1. The fourth-order valence-corrected chi connectivity index (χ4v) is 5.56. The van der Waals surface area contributed by atoms with Crippen molar-refractivity contribution in [3.05, 3.63) is 77.0 Å². The molecule has 0 atom stereocenters. The zero-order chi connectivity index (χ0) is 36.0. The SMILES string of the molecule is COc1ccc(C(=O)Nc2ccc(C(=O)N(C)c3ccc(C)cc3OCCCCC(=C=O)N3CCN(C)CC3)cc2OC)c(OCCCN)c1. The van der Waals surface area contributed by atoms with Crippen molar-refractivity contribution in [2.24, 2.45) is 5.73 Å². The lowest BCUT2D eigenvalue weighted by molar-refractivity contribution is 0.0990. The molecule has 1 aliphatic heterocycles. The lowest BCUT2D eigenvalue weighted by Gasteiger charge is -2.34. The van der Waals surface area contributed by atoms with Gasteiger partial charge in [0.15, 0.2) is 0 Å². The lowest BCUT2D eigenvalue weighted by atomic mass is 10.1. The first-order chi connectivity index (χ1) is 24.2. The van der Waals surface area contributed by atoms with Crippen LogP contribution in [0.3, 0.4) is 0 Å². The van der Waals surface area contributed by atoms with E-state index in [-0.39, 0.29) is 5.91 Å². The van der Waals surface area contributed by atoms with Gasteiger partial charge in [-0.3, -0.25) is 9.59 Å². The van der Waals surface area contributed by atoms with Gasteiger partial charge in [-0.25, -0.2) is 4.79 Å². The number of methoxy groups -OCH3 is 2. The Morgan fingerprint density at radius 1 is 0.880 bits per heavy atom. The summed E-state index contributed by atoms with van der Waals surface area (Å²) in [5.74, 6) is 3.27. The van der Waals surface area contributed by atoms with E-state index in [1.807, 2.05) is 25.1 Å². The van der Waals surface area contributed by atoms with E-state index >= 15 is 0 Å². The fourth-order valence-electron chi connectivity index (χ4n) is 5.56. The van der Waals surface area contributed by atoms with Crippen LogP contribution in [0.5, 0.6) is 23.0 Å². The highest BCUT2D eigenvalue weighted by molar-refractivity contribution is 6.09. The third kappa shape index (κ3) is 10.0. The average molecular weight is 688 g/mol. The van der Waals surface area contributed by atoms with Crippen molar-refractivity contribution in [2.75, 3.05) is 84.5 Å². The number of likely N-dealkylation sites (N-methyl/N-ethyl adjacent to an activating group) is 1. The van der Waals surface area contributed by atoms with Crippen molar-refractivity contribution in [1.82, 2.24) is 9.80 Å². The molecule has 3 N–H and O–H groups in total. The number of carbonyl (C=O) groups is 2. The molecule has 0 radical (unpaired) electrons. The normalized spacial score (nSPS) is 12.9. The summed E-state index contributed by atoms with van der Waals surface area (Å²) in [5.41, 5.74) is 9.00. The van der Waals surface area contributed by atoms with E-state index in [1.54, 1.807) is 50.6 Å². The van der Waals surface area contributed by atoms with Crippen LogP contribution >= 0.6 is 0 Å². The molecule has 2 amide bonds. The van der Waals surface area contributed by atoms with Crippen molar-refractivity contribution < 1.29 is 33.3 Å². The van der Waals surface area contributed by atoms with Crippen LogP contribution < -0.4 is 34.9 Å². The number of piperazine rings is 1. The molecule has 0 unspecified atom stereocenters. The summed E-state index contributed by atoms with van der Waals surface area (Å²) >= 11 is 0. The van der Waals surface area contributed by atoms with Crippen molar-refractivity contribution in [1.29, 1.82) is 0 Å². The highest BCUT2D eigenvalue weighted by atomic mass is 16.5. The van der Waals surface area contributed by atoms with Crippen molar-refractivity contribution >= 4 is 29.1 Å². The molecule has 1 fully saturated rings. The summed E-state index contributed by atoms with van der Waals surface area (Å²) < 4.78 is 22.9. The highest BCUT2D eigenvalue weighted by Gasteiger charge is 2.22. The summed E-state index contributed by atoms with van der Waals surface area (Å²) in [5, 5.41) is 2.87. The van der Waals surface area contributed by atoms with Crippen LogP contribution in [0, 0.1) is 6.92 Å². The van der Waals surface area contributed by atoms with E-state index in [4.69, 9.17) is 24.7 Å². The van der Waals surface area contributed by atoms with Crippen LogP contribution in [0.15, 0.2) is 60.3 Å². The van der Waals surface area contributed by atoms with E-state index in [0.717, 1.165) is 50.3 Å². The van der Waals surface area contributed by atoms with Crippen LogP contribution in [-0.4, -0.2) is 102 Å². The molecule has 1 aliphatic rings. The molecular weight excluding hydrogens is 638 g/mol. The quantitative estimate of drug-likeness (QED) is 0.151. The second kappa shape index (κ2) is 18.7. The Morgan fingerprint density at radius 3 is 2.32 bits per heavy atom. The molecule has 0 aromatic heterocycles. The number of anilines is 2. The summed E-state index contributed by atoms with van der Waals surface area (Å²) in [6.07, 6.45) is 2.81. The number of hydrogen-bond acceptors (Lipinski definition) is 10. The molecule has 3 aromatic rings. The van der Waals surface area contributed by atoms with E-state index in [9.17, 15) is 14.4 Å². The molecule has 0 saturated carbocycles. The zero-order valence-electron chi connectivity index (χ0n) is 29.8. The Hall–Kier alpha value is -5.03. The number of amides is 2. The Balaban J connectivity index is 1.41. The molecule has 3 aromatic carbocycles. The van der Waals surface area contributed by atoms with Crippen molar-refractivity contribution in [3.63, 3.8) is 0 Å². The molecule has 4 rings (SSSR count). The Bertz CT molecular complexity index is 1670. The van der Waals surface area contributed by atoms with Gasteiger partial charge in [-0.1, -0.05) is 6.07 Å². The number of carbonyl (C=O) groups excluding carboxylic acids is 3. The van der Waals surface area contributed by atoms with Gasteiger partial charge in [-0.15, -0.1) is 0 Å². The molecule has 1 saturated heterocycles. The highest BCUT2D eigenvalue weighted by Crippen LogP contribution is 2.33. The minimum Gasteiger partial charge on any atom is -0.497 e. The number of allylic oxidation sites excluding steroid dienone is 1. The molecule has 0 bridgehead atoms. The molecule has 0 aliphatic carbocycles. The summed E-state index contributed by atoms with van der Waals surface area (Å²) in [7, 11) is 6.79. The first kappa shape index (κ1) is 37.8. The zero-order valence-corrected chi connectivity index (χ0v) is 29.8. The number of nitrogens with one attached hydrogen (secondary N) is 1. The van der Waals surface area contributed by atoms with E-state index in [0.29, 0.717) is 78.1 Å². The van der Waals surface area contributed by atoms with Crippen LogP contribution in [0.1, 0.15) is 52.0 Å². The van der Waals surface area contributed by atoms with Gasteiger partial charge in [0.2, 0.25) is 0 Å². The van der Waals surface area contributed by atoms with Crippen molar-refractivity contribution in [2.45, 2.75) is 32.6 Å². The minimum absolute atomic E-state index is 0.284. The first-order valence-corrected chi connectivity index (χ1v) is 16.9. The smallest absolute Gasteiger partial charge is 0.259 e. The number of ether oxygens (including phenoxy) is 4. The average Bonchev–Trinajstić information content (AvgIpc) is 3.13. The van der Waals surface area contributed by atoms with Gasteiger partial charge in [-0.05, 0) is 94.2 Å². The molecule has 0 spiro atoms. The maximum absolute atomic E-state index is 13.7. The van der Waals surface area contributed by atoms with Gasteiger partial charge in [0.25, 0.3) is 11.8 Å². The summed E-state index contributed by atoms with van der Waals surface area (Å²) in [6.45, 7) is 6.75. The van der Waals surface area contributed by atoms with Gasteiger partial charge < -0.3 is 44.7 Å². The van der Waals surface area contributed by atoms with E-state index in [2.05, 4.69) is 28.1 Å². The Morgan fingerprint density at radius 2 is 1.62 bits per heavy atom. The largest absolute Gasteiger partial charge is 0.497 e. The predicted octanol–water partition coefficient (Wildman–Crippen LogP) is 4.78. The number of unbranched alkanes of at least 4 members (excludes halogenated alkanes) is 1. The van der Waals surface area contributed by atoms with Gasteiger partial charge in [0.1, 0.15) is 28.9 Å². The number of rotatable bonds is 17. The Labute approximate surface area is 294 Å². The van der Waals surface area contributed by atoms with Gasteiger partial charge in [0.05, 0.1) is 50.1 Å². The van der Waals surface area contributed by atoms with E-state index < -0.39 is 5.91 Å². The van der Waals surface area contributed by atoms with Crippen LogP contribution in [0.2, 0.25) is 0 Å². The van der Waals surface area contributed by atoms with Gasteiger partial charge in [-0.2, -0.15) is 0 Å².